The Balaban J connectivity index is 1.25. The van der Waals surface area contributed by atoms with E-state index in [4.69, 9.17) is 14.2 Å². The second-order valence-corrected chi connectivity index (χ2v) is 8.23. The lowest BCUT2D eigenvalue weighted by Gasteiger charge is -2.36. The van der Waals surface area contributed by atoms with E-state index in [1.54, 1.807) is 18.2 Å². The van der Waals surface area contributed by atoms with Crippen LogP contribution < -0.4 is 25.4 Å². The second-order valence-electron chi connectivity index (χ2n) is 8.23. The number of anilines is 1. The molecule has 2 aromatic carbocycles. The SMILES string of the molecule is C[C@H](NC(=O)C[C@@H]1CC[C@@H](NC(=O)Nc2ccc3c(c2)OCO3)[C@@H](CO)O1)c1ccccc1. The van der Waals surface area contributed by atoms with Gasteiger partial charge in [-0.3, -0.25) is 4.79 Å². The molecule has 2 heterocycles. The fourth-order valence-corrected chi connectivity index (χ4v) is 4.09. The lowest BCUT2D eigenvalue weighted by Crippen LogP contribution is -2.52. The molecule has 0 spiro atoms. The number of hydrogen-bond donors (Lipinski definition) is 4. The lowest BCUT2D eigenvalue weighted by molar-refractivity contribution is -0.131. The fraction of sp³-hybridized carbons (Fsp3) is 0.417. The van der Waals surface area contributed by atoms with Crippen LogP contribution in [0.15, 0.2) is 48.5 Å². The average Bonchev–Trinajstić information content (AvgIpc) is 3.28. The van der Waals surface area contributed by atoms with Crippen molar-refractivity contribution in [1.82, 2.24) is 10.6 Å². The Morgan fingerprint density at radius 1 is 1.09 bits per heavy atom. The molecule has 2 aliphatic heterocycles. The van der Waals surface area contributed by atoms with Crippen LogP contribution in [-0.4, -0.2) is 48.7 Å². The van der Waals surface area contributed by atoms with Crippen molar-refractivity contribution in [3.05, 3.63) is 54.1 Å². The monoisotopic (exact) mass is 455 g/mol. The van der Waals surface area contributed by atoms with E-state index in [0.717, 1.165) is 5.56 Å². The maximum absolute atomic E-state index is 12.5. The van der Waals surface area contributed by atoms with Crippen molar-refractivity contribution in [2.75, 3.05) is 18.7 Å². The zero-order valence-electron chi connectivity index (χ0n) is 18.5. The molecule has 0 radical (unpaired) electrons. The topological polar surface area (TPSA) is 118 Å². The lowest BCUT2D eigenvalue weighted by atomic mass is 9.97. The van der Waals surface area contributed by atoms with Crippen LogP contribution in [0.3, 0.4) is 0 Å². The summed E-state index contributed by atoms with van der Waals surface area (Å²) in [6, 6.07) is 14.0. The van der Waals surface area contributed by atoms with E-state index in [2.05, 4.69) is 16.0 Å². The van der Waals surface area contributed by atoms with Crippen molar-refractivity contribution in [3.8, 4) is 11.5 Å². The first-order valence-electron chi connectivity index (χ1n) is 11.1. The van der Waals surface area contributed by atoms with Gasteiger partial charge in [0.15, 0.2) is 11.5 Å². The van der Waals surface area contributed by atoms with Crippen molar-refractivity contribution in [1.29, 1.82) is 0 Å². The van der Waals surface area contributed by atoms with Crippen molar-refractivity contribution >= 4 is 17.6 Å². The van der Waals surface area contributed by atoms with E-state index in [0.29, 0.717) is 30.0 Å². The van der Waals surface area contributed by atoms with Gasteiger partial charge in [-0.05, 0) is 37.5 Å². The Labute approximate surface area is 192 Å². The fourth-order valence-electron chi connectivity index (χ4n) is 4.09. The van der Waals surface area contributed by atoms with Gasteiger partial charge in [-0.2, -0.15) is 0 Å². The number of fused-ring (bicyclic) bond motifs is 1. The van der Waals surface area contributed by atoms with Gasteiger partial charge in [-0.25, -0.2) is 4.79 Å². The molecule has 0 aliphatic carbocycles. The van der Waals surface area contributed by atoms with Crippen molar-refractivity contribution in [2.45, 2.75) is 50.5 Å². The van der Waals surface area contributed by atoms with Crippen LogP contribution in [0.5, 0.6) is 11.5 Å². The Kier molecular flexibility index (Phi) is 7.31. The standard InChI is InChI=1S/C24H29N3O6/c1-15(16-5-3-2-4-6-16)25-23(29)12-18-8-9-19(22(13-28)33-18)27-24(30)26-17-7-10-20-21(11-17)32-14-31-20/h2-7,10-11,15,18-19,22,28H,8-9,12-14H2,1H3,(H,25,29)(H2,26,27,30)/t15-,18-,19+,22+/m0/s1. The van der Waals surface area contributed by atoms with Crippen LogP contribution in [0.4, 0.5) is 10.5 Å². The van der Waals surface area contributed by atoms with Crippen molar-refractivity contribution in [2.24, 2.45) is 0 Å². The quantitative estimate of drug-likeness (QED) is 0.510. The van der Waals surface area contributed by atoms with Crippen molar-refractivity contribution in [3.63, 3.8) is 0 Å². The molecule has 4 rings (SSSR count). The van der Waals surface area contributed by atoms with Crippen LogP contribution in [0, 0.1) is 0 Å². The molecule has 4 N–H and O–H groups in total. The first-order valence-corrected chi connectivity index (χ1v) is 11.1. The summed E-state index contributed by atoms with van der Waals surface area (Å²) in [5.41, 5.74) is 1.59. The molecule has 0 aromatic heterocycles. The maximum atomic E-state index is 12.5. The van der Waals surface area contributed by atoms with Gasteiger partial charge in [-0.1, -0.05) is 30.3 Å². The molecule has 4 atom stereocenters. The molecule has 9 nitrogen and oxygen atoms in total. The molecule has 0 unspecified atom stereocenters. The third-order valence-corrected chi connectivity index (χ3v) is 5.83. The van der Waals surface area contributed by atoms with Gasteiger partial charge in [-0.15, -0.1) is 0 Å². The van der Waals surface area contributed by atoms with Gasteiger partial charge in [0, 0.05) is 11.8 Å². The molecular formula is C24H29N3O6. The Bertz CT molecular complexity index is 970. The van der Waals surface area contributed by atoms with Crippen LogP contribution in [-0.2, 0) is 9.53 Å². The van der Waals surface area contributed by atoms with E-state index < -0.39 is 12.1 Å². The molecular weight excluding hydrogens is 426 g/mol. The number of nitrogens with one attached hydrogen (secondary N) is 3. The van der Waals surface area contributed by atoms with Crippen LogP contribution >= 0.6 is 0 Å². The normalized spacial score (nSPS) is 22.3. The first kappa shape index (κ1) is 22.9. The second kappa shape index (κ2) is 10.5. The minimum absolute atomic E-state index is 0.106. The first-order chi connectivity index (χ1) is 16.0. The maximum Gasteiger partial charge on any atom is 0.319 e. The zero-order valence-corrected chi connectivity index (χ0v) is 18.5. The van der Waals surface area contributed by atoms with Gasteiger partial charge in [0.2, 0.25) is 12.7 Å². The highest BCUT2D eigenvalue weighted by molar-refractivity contribution is 5.90. The summed E-state index contributed by atoms with van der Waals surface area (Å²) in [7, 11) is 0. The molecule has 0 saturated carbocycles. The molecule has 2 aliphatic rings. The number of benzene rings is 2. The number of rotatable bonds is 7. The summed E-state index contributed by atoms with van der Waals surface area (Å²) in [6.07, 6.45) is 0.472. The predicted molar refractivity (Wildman–Crippen MR) is 121 cm³/mol. The number of urea groups is 1. The number of aliphatic hydroxyl groups is 1. The van der Waals surface area contributed by atoms with E-state index >= 15 is 0 Å². The van der Waals surface area contributed by atoms with E-state index in [1.165, 1.54) is 0 Å². The number of hydrogen-bond acceptors (Lipinski definition) is 6. The summed E-state index contributed by atoms with van der Waals surface area (Å²) in [6.45, 7) is 1.84. The average molecular weight is 456 g/mol. The molecule has 176 valence electrons. The summed E-state index contributed by atoms with van der Waals surface area (Å²) in [4.78, 5) is 24.9. The Hall–Kier alpha value is -3.30. The highest BCUT2D eigenvalue weighted by Crippen LogP contribution is 2.34. The van der Waals surface area contributed by atoms with Gasteiger partial charge >= 0.3 is 6.03 Å². The highest BCUT2D eigenvalue weighted by atomic mass is 16.7. The predicted octanol–water partition coefficient (Wildman–Crippen LogP) is 2.71. The smallest absolute Gasteiger partial charge is 0.319 e. The summed E-state index contributed by atoms with van der Waals surface area (Å²) in [5, 5.41) is 18.4. The van der Waals surface area contributed by atoms with Crippen LogP contribution in [0.2, 0.25) is 0 Å². The Morgan fingerprint density at radius 2 is 1.88 bits per heavy atom. The molecule has 1 saturated heterocycles. The Morgan fingerprint density at radius 3 is 2.67 bits per heavy atom. The molecule has 3 amide bonds. The van der Waals surface area contributed by atoms with E-state index in [-0.39, 0.29) is 43.9 Å². The minimum atomic E-state index is -0.592. The molecule has 33 heavy (non-hydrogen) atoms. The highest BCUT2D eigenvalue weighted by Gasteiger charge is 2.33. The molecule has 9 heteroatoms. The van der Waals surface area contributed by atoms with Gasteiger partial charge in [0.1, 0.15) is 6.10 Å². The van der Waals surface area contributed by atoms with Crippen LogP contribution in [0.25, 0.3) is 0 Å². The van der Waals surface area contributed by atoms with Gasteiger partial charge in [0.05, 0.1) is 31.2 Å². The van der Waals surface area contributed by atoms with Gasteiger partial charge in [0.25, 0.3) is 0 Å². The molecule has 2 aromatic rings. The molecule has 1 fully saturated rings. The number of ether oxygens (including phenoxy) is 3. The van der Waals surface area contributed by atoms with E-state index in [9.17, 15) is 14.7 Å². The number of carbonyl (C=O) groups excluding carboxylic acids is 2. The zero-order chi connectivity index (χ0) is 23.2. The largest absolute Gasteiger partial charge is 0.454 e. The molecule has 0 bridgehead atoms. The minimum Gasteiger partial charge on any atom is -0.454 e. The van der Waals surface area contributed by atoms with Crippen LogP contribution in [0.1, 0.15) is 37.8 Å². The summed E-state index contributed by atoms with van der Waals surface area (Å²) in [5.74, 6) is 1.10. The number of carbonyl (C=O) groups is 2. The third kappa shape index (κ3) is 5.94. The number of aliphatic hydroxyl groups excluding tert-OH is 1. The van der Waals surface area contributed by atoms with Crippen molar-refractivity contribution < 1.29 is 28.9 Å². The van der Waals surface area contributed by atoms with Gasteiger partial charge < -0.3 is 35.3 Å². The number of amides is 3. The van der Waals surface area contributed by atoms with E-state index in [1.807, 2.05) is 37.3 Å². The summed E-state index contributed by atoms with van der Waals surface area (Å²) >= 11 is 0. The third-order valence-electron chi connectivity index (χ3n) is 5.83. The summed E-state index contributed by atoms with van der Waals surface area (Å²) < 4.78 is 16.5.